The molecule has 8 heteroatoms. The molecule has 25 heavy (non-hydrogen) atoms. The Bertz CT molecular complexity index is 758. The van der Waals surface area contributed by atoms with Crippen molar-refractivity contribution in [2.45, 2.75) is 26.4 Å². The molecule has 1 fully saturated rings. The van der Waals surface area contributed by atoms with Crippen molar-refractivity contribution in [3.63, 3.8) is 0 Å². The third kappa shape index (κ3) is 5.54. The van der Waals surface area contributed by atoms with E-state index >= 15 is 0 Å². The second-order valence-corrected chi connectivity index (χ2v) is 8.39. The van der Waals surface area contributed by atoms with Gasteiger partial charge in [0, 0.05) is 19.1 Å². The molecule has 1 aliphatic heterocycles. The zero-order valence-electron chi connectivity index (χ0n) is 14.7. The highest BCUT2D eigenvalue weighted by Gasteiger charge is 2.29. The number of hydrazone groups is 1. The molecule has 2 rings (SSSR count). The van der Waals surface area contributed by atoms with Gasteiger partial charge in [-0.3, -0.25) is 4.79 Å². The van der Waals surface area contributed by atoms with Gasteiger partial charge in [-0.05, 0) is 43.0 Å². The maximum Gasteiger partial charge on any atom is 0.240 e. The summed E-state index contributed by atoms with van der Waals surface area (Å²) in [7, 11) is 0.232. The molecule has 7 nitrogen and oxygen atoms in total. The lowest BCUT2D eigenvalue weighted by Crippen LogP contribution is -2.22. The number of methoxy groups -OCH3 is 2. The van der Waals surface area contributed by atoms with Crippen LogP contribution in [0.2, 0.25) is 0 Å². The van der Waals surface area contributed by atoms with E-state index in [0.717, 1.165) is 16.9 Å². The molecule has 1 saturated heterocycles. The van der Waals surface area contributed by atoms with Gasteiger partial charge in [-0.1, -0.05) is 0 Å². The largest absolute Gasteiger partial charge is 0.496 e. The van der Waals surface area contributed by atoms with Crippen molar-refractivity contribution in [1.29, 1.82) is 0 Å². The van der Waals surface area contributed by atoms with Gasteiger partial charge in [-0.25, -0.2) is 13.8 Å². The first kappa shape index (κ1) is 19.4. The molecular weight excluding hydrogens is 344 g/mol. The van der Waals surface area contributed by atoms with E-state index < -0.39 is 9.84 Å². The van der Waals surface area contributed by atoms with Gasteiger partial charge in [-0.2, -0.15) is 5.10 Å². The summed E-state index contributed by atoms with van der Waals surface area (Å²) < 4.78 is 33.3. The summed E-state index contributed by atoms with van der Waals surface area (Å²) in [5.41, 5.74) is 4.89. The molecule has 0 aliphatic carbocycles. The fourth-order valence-electron chi connectivity index (χ4n) is 2.82. The molecule has 138 valence electrons. The molecule has 0 bridgehead atoms. The van der Waals surface area contributed by atoms with Crippen molar-refractivity contribution in [3.8, 4) is 5.75 Å². The highest BCUT2D eigenvalue weighted by atomic mass is 32.2. The first-order valence-electron chi connectivity index (χ1n) is 8.04. The van der Waals surface area contributed by atoms with Gasteiger partial charge in [-0.15, -0.1) is 0 Å². The van der Waals surface area contributed by atoms with Crippen LogP contribution in [0.1, 0.15) is 30.9 Å². The van der Waals surface area contributed by atoms with Crippen LogP contribution in [-0.2, 0) is 26.0 Å². The smallest absolute Gasteiger partial charge is 0.240 e. The number of rotatable bonds is 7. The molecule has 0 unspecified atom stereocenters. The molecule has 1 aromatic rings. The number of benzene rings is 1. The van der Waals surface area contributed by atoms with Gasteiger partial charge >= 0.3 is 0 Å². The highest BCUT2D eigenvalue weighted by molar-refractivity contribution is 7.91. The minimum Gasteiger partial charge on any atom is -0.496 e. The van der Waals surface area contributed by atoms with Crippen molar-refractivity contribution in [2.24, 2.45) is 11.0 Å². The lowest BCUT2D eigenvalue weighted by atomic mass is 10.1. The molecule has 0 aromatic heterocycles. The molecule has 0 spiro atoms. The molecular formula is C17H24N2O5S. The molecule has 1 amide bonds. The van der Waals surface area contributed by atoms with Crippen molar-refractivity contribution in [3.05, 3.63) is 29.3 Å². The molecule has 1 heterocycles. The number of sulfone groups is 1. The lowest BCUT2D eigenvalue weighted by molar-refractivity contribution is -0.121. The monoisotopic (exact) mass is 368 g/mol. The van der Waals surface area contributed by atoms with E-state index in [1.165, 1.54) is 0 Å². The summed E-state index contributed by atoms with van der Waals surface area (Å²) in [6.07, 6.45) is 0.713. The summed E-state index contributed by atoms with van der Waals surface area (Å²) in [5, 5.41) is 4.12. The van der Waals surface area contributed by atoms with Gasteiger partial charge in [0.2, 0.25) is 5.91 Å². The second-order valence-electron chi connectivity index (χ2n) is 6.17. The maximum atomic E-state index is 12.0. The van der Waals surface area contributed by atoms with Gasteiger partial charge in [0.1, 0.15) is 5.75 Å². The normalized spacial score (nSPS) is 19.6. The van der Waals surface area contributed by atoms with E-state index in [0.29, 0.717) is 18.7 Å². The van der Waals surface area contributed by atoms with Crippen LogP contribution in [0.25, 0.3) is 0 Å². The van der Waals surface area contributed by atoms with Crippen LogP contribution < -0.4 is 10.2 Å². The number of hydrogen-bond donors (Lipinski definition) is 1. The van der Waals surface area contributed by atoms with Crippen LogP contribution in [0.5, 0.6) is 5.75 Å². The van der Waals surface area contributed by atoms with Crippen LogP contribution in [0.15, 0.2) is 23.3 Å². The number of amides is 1. The molecule has 0 radical (unpaired) electrons. The van der Waals surface area contributed by atoms with Crippen molar-refractivity contribution < 1.29 is 22.7 Å². The summed E-state index contributed by atoms with van der Waals surface area (Å²) >= 11 is 0. The quantitative estimate of drug-likeness (QED) is 0.581. The fraction of sp³-hybridized carbons (Fsp3) is 0.529. The van der Waals surface area contributed by atoms with Crippen LogP contribution >= 0.6 is 0 Å². The van der Waals surface area contributed by atoms with E-state index in [1.807, 2.05) is 18.2 Å². The van der Waals surface area contributed by atoms with Crippen LogP contribution in [0, 0.1) is 5.92 Å². The molecule has 1 aromatic carbocycles. The molecule has 1 N–H and O–H groups in total. The number of hydrogen-bond acceptors (Lipinski definition) is 6. The third-order valence-electron chi connectivity index (χ3n) is 4.15. The SMILES string of the molecule is COCc1cc(/C(C)=N\NC(=O)C[C@@H]2CCS(=O)(=O)C2)ccc1OC. The predicted molar refractivity (Wildman–Crippen MR) is 95.4 cm³/mol. The van der Waals surface area contributed by atoms with Crippen LogP contribution in [0.4, 0.5) is 0 Å². The summed E-state index contributed by atoms with van der Waals surface area (Å²) in [6, 6.07) is 5.58. The van der Waals surface area contributed by atoms with E-state index in [4.69, 9.17) is 9.47 Å². The Morgan fingerprint density at radius 1 is 1.36 bits per heavy atom. The summed E-state index contributed by atoms with van der Waals surface area (Å²) in [5.74, 6) is 0.593. The number of carbonyl (C=O) groups excluding carboxylic acids is 1. The third-order valence-corrected chi connectivity index (χ3v) is 5.98. The number of nitrogens with one attached hydrogen (secondary N) is 1. The van der Waals surface area contributed by atoms with E-state index in [1.54, 1.807) is 21.1 Å². The van der Waals surface area contributed by atoms with E-state index in [2.05, 4.69) is 10.5 Å². The number of carbonyl (C=O) groups is 1. The lowest BCUT2D eigenvalue weighted by Gasteiger charge is -2.10. The molecule has 0 saturated carbocycles. The number of ether oxygens (including phenoxy) is 2. The van der Waals surface area contributed by atoms with Gasteiger partial charge in [0.05, 0.1) is 30.9 Å². The van der Waals surface area contributed by atoms with Gasteiger partial charge in [0.25, 0.3) is 0 Å². The van der Waals surface area contributed by atoms with Crippen LogP contribution in [-0.4, -0.2) is 45.8 Å². The minimum atomic E-state index is -2.97. The Morgan fingerprint density at radius 3 is 2.72 bits per heavy atom. The number of nitrogens with zero attached hydrogens (tertiary/aromatic N) is 1. The standard InChI is InChI=1S/C17H24N2O5S/c1-12(14-4-5-16(24-3)15(9-14)10-23-2)18-19-17(20)8-13-6-7-25(21,22)11-13/h4-5,9,13H,6-8,10-11H2,1-3H3,(H,19,20)/b18-12-/t13-/m0/s1. The summed E-state index contributed by atoms with van der Waals surface area (Å²) in [6.45, 7) is 2.20. The highest BCUT2D eigenvalue weighted by Crippen LogP contribution is 2.22. The topological polar surface area (TPSA) is 94.1 Å². The maximum absolute atomic E-state index is 12.0. The average Bonchev–Trinajstić information content (AvgIpc) is 2.91. The molecule has 1 atom stereocenters. The first-order chi connectivity index (χ1) is 11.8. The molecule has 1 aliphatic rings. The minimum absolute atomic E-state index is 0.0853. The zero-order valence-corrected chi connectivity index (χ0v) is 15.6. The first-order valence-corrected chi connectivity index (χ1v) is 9.86. The second kappa shape index (κ2) is 8.44. The Balaban J connectivity index is 1.98. The Labute approximate surface area is 148 Å². The van der Waals surface area contributed by atoms with Crippen LogP contribution in [0.3, 0.4) is 0 Å². The average molecular weight is 368 g/mol. The Morgan fingerprint density at radius 2 is 2.12 bits per heavy atom. The van der Waals surface area contributed by atoms with Gasteiger partial charge in [0.15, 0.2) is 9.84 Å². The summed E-state index contributed by atoms with van der Waals surface area (Å²) in [4.78, 5) is 12.0. The van der Waals surface area contributed by atoms with E-state index in [9.17, 15) is 13.2 Å². The Hall–Kier alpha value is -1.93. The van der Waals surface area contributed by atoms with Crippen molar-refractivity contribution in [2.75, 3.05) is 25.7 Å². The van der Waals surface area contributed by atoms with Crippen molar-refractivity contribution in [1.82, 2.24) is 5.43 Å². The Kier molecular flexibility index (Phi) is 6.55. The zero-order chi connectivity index (χ0) is 18.4. The predicted octanol–water partition coefficient (Wildman–Crippen LogP) is 1.51. The van der Waals surface area contributed by atoms with Crippen molar-refractivity contribution >= 4 is 21.5 Å². The van der Waals surface area contributed by atoms with Gasteiger partial charge < -0.3 is 9.47 Å². The fourth-order valence-corrected chi connectivity index (χ4v) is 4.69. The van der Waals surface area contributed by atoms with E-state index in [-0.39, 0.29) is 29.8 Å².